The van der Waals surface area contributed by atoms with E-state index in [0.29, 0.717) is 11.1 Å². The maximum absolute atomic E-state index is 14.0. The largest absolute Gasteiger partial charge is 0.493 e. The number of amides is 3. The molecule has 0 bridgehead atoms. The molecule has 3 aromatic rings. The molecule has 0 saturated carbocycles. The summed E-state index contributed by atoms with van der Waals surface area (Å²) in [5.74, 6) is -1.06. The van der Waals surface area contributed by atoms with E-state index in [1.807, 2.05) is 0 Å². The standard InChI is InChI=1S/C25H19ClF2N2O4/c1-33-22-12-15(10-18(26)23(22)34-14-17-7-3-5-9-20(17)28)11-21-24(31)30(25(32)29-21)13-16-6-2-4-8-19(16)27/h2-12H,13-14H2,1H3,(H,29,32)/b21-11+. The molecule has 1 N–H and O–H groups in total. The minimum atomic E-state index is -0.664. The molecule has 0 unspecified atom stereocenters. The molecular weight excluding hydrogens is 466 g/mol. The summed E-state index contributed by atoms with van der Waals surface area (Å²) in [6, 6.07) is 14.5. The quantitative estimate of drug-likeness (QED) is 0.365. The molecule has 3 amide bonds. The van der Waals surface area contributed by atoms with Gasteiger partial charge >= 0.3 is 6.03 Å². The fraction of sp³-hybridized carbons (Fsp3) is 0.120. The first-order valence-corrected chi connectivity index (χ1v) is 10.6. The maximum Gasteiger partial charge on any atom is 0.329 e. The molecule has 1 saturated heterocycles. The first-order valence-electron chi connectivity index (χ1n) is 10.2. The van der Waals surface area contributed by atoms with Crippen molar-refractivity contribution in [1.82, 2.24) is 10.2 Å². The number of hydrogen-bond acceptors (Lipinski definition) is 4. The van der Waals surface area contributed by atoms with E-state index in [9.17, 15) is 18.4 Å². The van der Waals surface area contributed by atoms with Gasteiger partial charge in [-0.05, 0) is 35.9 Å². The third-order valence-corrected chi connectivity index (χ3v) is 5.42. The van der Waals surface area contributed by atoms with E-state index >= 15 is 0 Å². The van der Waals surface area contributed by atoms with Gasteiger partial charge in [0.05, 0.1) is 18.7 Å². The van der Waals surface area contributed by atoms with Crippen molar-refractivity contribution in [3.63, 3.8) is 0 Å². The smallest absolute Gasteiger partial charge is 0.329 e. The van der Waals surface area contributed by atoms with Crippen molar-refractivity contribution < 1.29 is 27.8 Å². The molecule has 6 nitrogen and oxygen atoms in total. The number of nitrogens with zero attached hydrogens (tertiary/aromatic N) is 1. The summed E-state index contributed by atoms with van der Waals surface area (Å²) in [7, 11) is 1.41. The Morgan fingerprint density at radius 3 is 2.29 bits per heavy atom. The van der Waals surface area contributed by atoms with Gasteiger partial charge in [0.1, 0.15) is 23.9 Å². The monoisotopic (exact) mass is 484 g/mol. The number of urea groups is 1. The second kappa shape index (κ2) is 9.93. The summed E-state index contributed by atoms with van der Waals surface area (Å²) in [6.07, 6.45) is 1.43. The van der Waals surface area contributed by atoms with Crippen molar-refractivity contribution >= 4 is 29.6 Å². The number of imide groups is 1. The van der Waals surface area contributed by atoms with Crippen molar-refractivity contribution in [2.45, 2.75) is 13.2 Å². The summed E-state index contributed by atoms with van der Waals surface area (Å²) in [4.78, 5) is 26.0. The Morgan fingerprint density at radius 1 is 1.00 bits per heavy atom. The summed E-state index contributed by atoms with van der Waals surface area (Å²) in [6.45, 7) is -0.273. The van der Waals surface area contributed by atoms with Gasteiger partial charge in [0.15, 0.2) is 11.5 Å². The lowest BCUT2D eigenvalue weighted by Crippen LogP contribution is -2.30. The van der Waals surface area contributed by atoms with Gasteiger partial charge in [-0.3, -0.25) is 9.69 Å². The molecule has 9 heteroatoms. The van der Waals surface area contributed by atoms with Crippen LogP contribution in [-0.4, -0.2) is 23.9 Å². The molecule has 1 aliphatic heterocycles. The Bertz CT molecular complexity index is 1300. The molecule has 0 aliphatic carbocycles. The van der Waals surface area contributed by atoms with Crippen LogP contribution in [0.1, 0.15) is 16.7 Å². The molecule has 1 fully saturated rings. The molecule has 1 aliphatic rings. The number of ether oxygens (including phenoxy) is 2. The van der Waals surface area contributed by atoms with Gasteiger partial charge in [-0.15, -0.1) is 0 Å². The van der Waals surface area contributed by atoms with Gasteiger partial charge in [-0.25, -0.2) is 13.6 Å². The Balaban J connectivity index is 1.55. The molecule has 0 radical (unpaired) electrons. The minimum absolute atomic E-state index is 0.000478. The third-order valence-electron chi connectivity index (χ3n) is 5.14. The van der Waals surface area contributed by atoms with Gasteiger partial charge in [-0.1, -0.05) is 48.0 Å². The van der Waals surface area contributed by atoms with Gasteiger partial charge in [0, 0.05) is 11.1 Å². The fourth-order valence-corrected chi connectivity index (χ4v) is 3.68. The Morgan fingerprint density at radius 2 is 1.65 bits per heavy atom. The molecule has 0 spiro atoms. The van der Waals surface area contributed by atoms with Crippen molar-refractivity contribution in [1.29, 1.82) is 0 Å². The number of methoxy groups -OCH3 is 1. The zero-order valence-electron chi connectivity index (χ0n) is 18.0. The third kappa shape index (κ3) is 4.87. The van der Waals surface area contributed by atoms with E-state index in [4.69, 9.17) is 21.1 Å². The summed E-state index contributed by atoms with van der Waals surface area (Å²) >= 11 is 6.37. The second-order valence-electron chi connectivity index (χ2n) is 7.39. The Labute approximate surface area is 199 Å². The molecule has 1 heterocycles. The van der Waals surface area contributed by atoms with E-state index in [2.05, 4.69) is 5.32 Å². The number of carbonyl (C=O) groups excluding carboxylic acids is 2. The van der Waals surface area contributed by atoms with Crippen LogP contribution >= 0.6 is 11.6 Å². The van der Waals surface area contributed by atoms with Crippen LogP contribution in [0.4, 0.5) is 13.6 Å². The number of benzene rings is 3. The summed E-state index contributed by atoms with van der Waals surface area (Å²) in [5, 5.41) is 2.65. The Hall–Kier alpha value is -3.91. The van der Waals surface area contributed by atoms with Crippen LogP contribution in [-0.2, 0) is 17.9 Å². The van der Waals surface area contributed by atoms with E-state index in [1.165, 1.54) is 43.5 Å². The highest BCUT2D eigenvalue weighted by atomic mass is 35.5. The molecule has 34 heavy (non-hydrogen) atoms. The normalized spacial score (nSPS) is 14.5. The lowest BCUT2D eigenvalue weighted by atomic mass is 10.1. The number of nitrogens with one attached hydrogen (secondary N) is 1. The highest BCUT2D eigenvalue weighted by molar-refractivity contribution is 6.32. The molecule has 174 valence electrons. The predicted octanol–water partition coefficient (Wildman–Crippen LogP) is 5.30. The van der Waals surface area contributed by atoms with Gasteiger partial charge < -0.3 is 14.8 Å². The zero-order valence-corrected chi connectivity index (χ0v) is 18.7. The van der Waals surface area contributed by atoms with Crippen LogP contribution in [0.3, 0.4) is 0 Å². The Kier molecular flexibility index (Phi) is 6.79. The SMILES string of the molecule is COc1cc(/C=C2/NC(=O)N(Cc3ccccc3F)C2=O)cc(Cl)c1OCc1ccccc1F. The average Bonchev–Trinajstić information content (AvgIpc) is 3.07. The fourth-order valence-electron chi connectivity index (χ4n) is 3.41. The lowest BCUT2D eigenvalue weighted by molar-refractivity contribution is -0.123. The lowest BCUT2D eigenvalue weighted by Gasteiger charge is -2.14. The van der Waals surface area contributed by atoms with Crippen LogP contribution in [0, 0.1) is 11.6 Å². The minimum Gasteiger partial charge on any atom is -0.493 e. The van der Waals surface area contributed by atoms with Gasteiger partial charge in [0.25, 0.3) is 5.91 Å². The highest BCUT2D eigenvalue weighted by Gasteiger charge is 2.34. The first kappa shape index (κ1) is 23.3. The number of hydrogen-bond donors (Lipinski definition) is 1. The van der Waals surface area contributed by atoms with Crippen LogP contribution < -0.4 is 14.8 Å². The van der Waals surface area contributed by atoms with Gasteiger partial charge in [0.2, 0.25) is 0 Å². The van der Waals surface area contributed by atoms with Crippen molar-refractivity contribution in [2.75, 3.05) is 7.11 Å². The summed E-state index contributed by atoms with van der Waals surface area (Å²) < 4.78 is 38.9. The second-order valence-corrected chi connectivity index (χ2v) is 7.79. The van der Waals surface area contributed by atoms with Crippen molar-refractivity contribution in [2.24, 2.45) is 0 Å². The molecule has 0 aromatic heterocycles. The molecule has 0 atom stereocenters. The molecule has 3 aromatic carbocycles. The maximum atomic E-state index is 14.0. The van der Waals surface area contributed by atoms with Crippen LogP contribution in [0.2, 0.25) is 5.02 Å². The van der Waals surface area contributed by atoms with Crippen molar-refractivity contribution in [3.8, 4) is 11.5 Å². The molecule has 4 rings (SSSR count). The van der Waals surface area contributed by atoms with Gasteiger partial charge in [-0.2, -0.15) is 0 Å². The molecular formula is C25H19ClF2N2O4. The van der Waals surface area contributed by atoms with Crippen molar-refractivity contribution in [3.05, 3.63) is 99.7 Å². The van der Waals surface area contributed by atoms with Crippen LogP contribution in [0.15, 0.2) is 66.4 Å². The van der Waals surface area contributed by atoms with Crippen LogP contribution in [0.25, 0.3) is 6.08 Å². The number of rotatable bonds is 7. The number of halogens is 3. The summed E-state index contributed by atoms with van der Waals surface area (Å²) in [5.41, 5.74) is 1.02. The number of carbonyl (C=O) groups is 2. The zero-order chi connectivity index (χ0) is 24.2. The van der Waals surface area contributed by atoms with E-state index in [-0.39, 0.29) is 40.9 Å². The van der Waals surface area contributed by atoms with E-state index in [1.54, 1.807) is 30.3 Å². The predicted molar refractivity (Wildman–Crippen MR) is 122 cm³/mol. The first-order chi connectivity index (χ1) is 16.4. The van der Waals surface area contributed by atoms with E-state index < -0.39 is 23.6 Å². The topological polar surface area (TPSA) is 67.9 Å². The highest BCUT2D eigenvalue weighted by Crippen LogP contribution is 2.38. The van der Waals surface area contributed by atoms with Crippen LogP contribution in [0.5, 0.6) is 11.5 Å². The average molecular weight is 485 g/mol. The van der Waals surface area contributed by atoms with E-state index in [0.717, 1.165) is 4.90 Å².